The van der Waals surface area contributed by atoms with Crippen LogP contribution in [0.5, 0.6) is 0 Å². The van der Waals surface area contributed by atoms with Gasteiger partial charge in [-0.1, -0.05) is 0 Å². The van der Waals surface area contributed by atoms with Crippen LogP contribution in [-0.4, -0.2) is 51.0 Å². The van der Waals surface area contributed by atoms with Crippen molar-refractivity contribution in [1.82, 2.24) is 0 Å². The smallest absolute Gasteiger partial charge is 0.264 e. The molecule has 2 rings (SSSR count). The van der Waals surface area contributed by atoms with Crippen LogP contribution < -0.4 is 0 Å². The summed E-state index contributed by atoms with van der Waals surface area (Å²) in [7, 11) is -3.50. The molecular formula is C10H18O6S. The minimum absolute atomic E-state index is 0.105. The van der Waals surface area contributed by atoms with E-state index in [1.54, 1.807) is 0 Å². The summed E-state index contributed by atoms with van der Waals surface area (Å²) in [5.74, 6) is -0.626. The molecule has 0 unspecified atom stereocenters. The van der Waals surface area contributed by atoms with Gasteiger partial charge in [0.1, 0.15) is 12.2 Å². The topological polar surface area (TPSA) is 82.1 Å². The average molecular weight is 266 g/mol. The third-order valence-corrected chi connectivity index (χ3v) is 3.70. The largest absolute Gasteiger partial charge is 0.394 e. The maximum Gasteiger partial charge on any atom is 0.264 e. The molecule has 17 heavy (non-hydrogen) atoms. The fraction of sp³-hybridized carbons (Fsp3) is 1.00. The number of aliphatic hydroxyl groups excluding tert-OH is 1. The summed E-state index contributed by atoms with van der Waals surface area (Å²) in [6.45, 7) is -0.300. The molecule has 1 N–H and O–H groups in total. The Balaban J connectivity index is 1.97. The highest BCUT2D eigenvalue weighted by atomic mass is 32.2. The van der Waals surface area contributed by atoms with E-state index in [0.29, 0.717) is 0 Å². The second-order valence-corrected chi connectivity index (χ2v) is 6.25. The molecule has 1 saturated heterocycles. The van der Waals surface area contributed by atoms with Crippen LogP contribution in [-0.2, 0) is 23.8 Å². The highest BCUT2D eigenvalue weighted by molar-refractivity contribution is 7.85. The first kappa shape index (κ1) is 13.2. The maximum absolute atomic E-state index is 10.9. The van der Waals surface area contributed by atoms with Crippen molar-refractivity contribution in [3.63, 3.8) is 0 Å². The molecule has 2 aliphatic rings. The molecule has 7 heteroatoms. The van der Waals surface area contributed by atoms with Gasteiger partial charge in [-0.05, 0) is 12.8 Å². The minimum atomic E-state index is -3.50. The zero-order chi connectivity index (χ0) is 12.5. The van der Waals surface area contributed by atoms with Gasteiger partial charge in [0.15, 0.2) is 5.79 Å². The Bertz CT molecular complexity index is 359. The van der Waals surface area contributed by atoms with Crippen LogP contribution in [0.1, 0.15) is 25.7 Å². The lowest BCUT2D eigenvalue weighted by Crippen LogP contribution is -2.31. The molecule has 1 aliphatic carbocycles. The van der Waals surface area contributed by atoms with Crippen molar-refractivity contribution < 1.29 is 27.2 Å². The van der Waals surface area contributed by atoms with Crippen molar-refractivity contribution in [2.45, 2.75) is 43.7 Å². The lowest BCUT2D eigenvalue weighted by atomic mass is 10.2. The minimum Gasteiger partial charge on any atom is -0.394 e. The van der Waals surface area contributed by atoms with Crippen LogP contribution in [0.2, 0.25) is 0 Å². The van der Waals surface area contributed by atoms with E-state index in [-0.39, 0.29) is 13.2 Å². The molecule has 2 atom stereocenters. The predicted molar refractivity (Wildman–Crippen MR) is 58.8 cm³/mol. The number of rotatable bonds is 4. The molecular weight excluding hydrogens is 248 g/mol. The van der Waals surface area contributed by atoms with Crippen LogP contribution in [0.4, 0.5) is 0 Å². The van der Waals surface area contributed by atoms with E-state index < -0.39 is 28.1 Å². The third-order valence-electron chi connectivity index (χ3n) is 3.14. The van der Waals surface area contributed by atoms with Gasteiger partial charge in [0.25, 0.3) is 10.1 Å². The first-order valence-corrected chi connectivity index (χ1v) is 7.57. The number of hydrogen-bond donors (Lipinski definition) is 1. The van der Waals surface area contributed by atoms with E-state index in [9.17, 15) is 13.5 Å². The van der Waals surface area contributed by atoms with Crippen LogP contribution in [0, 0.1) is 0 Å². The lowest BCUT2D eigenvalue weighted by molar-refractivity contribution is -0.173. The van der Waals surface area contributed by atoms with Gasteiger partial charge in [-0.25, -0.2) is 0 Å². The Kier molecular flexibility index (Phi) is 3.74. The van der Waals surface area contributed by atoms with Crippen LogP contribution in [0.15, 0.2) is 0 Å². The summed E-state index contributed by atoms with van der Waals surface area (Å²) in [6.07, 6.45) is 3.60. The molecule has 0 radical (unpaired) electrons. The van der Waals surface area contributed by atoms with Gasteiger partial charge in [-0.3, -0.25) is 4.18 Å². The summed E-state index contributed by atoms with van der Waals surface area (Å²) in [5.41, 5.74) is 0. The van der Waals surface area contributed by atoms with Crippen LogP contribution in [0.25, 0.3) is 0 Å². The standard InChI is InChI=1S/C10H18O6S/c1-17(12,13)14-7-9-8(6-11)15-10(16-9)4-2-3-5-10/h8-9,11H,2-7H2,1H3/t8-,9-/m0/s1. The number of hydrogen-bond acceptors (Lipinski definition) is 6. The summed E-state index contributed by atoms with van der Waals surface area (Å²) in [4.78, 5) is 0. The molecule has 2 fully saturated rings. The quantitative estimate of drug-likeness (QED) is 0.722. The van der Waals surface area contributed by atoms with Crippen molar-refractivity contribution in [2.24, 2.45) is 0 Å². The highest BCUT2D eigenvalue weighted by Crippen LogP contribution is 2.41. The monoisotopic (exact) mass is 266 g/mol. The Morgan fingerprint density at radius 1 is 1.29 bits per heavy atom. The van der Waals surface area contributed by atoms with Gasteiger partial charge in [-0.15, -0.1) is 0 Å². The first-order chi connectivity index (χ1) is 7.94. The molecule has 6 nitrogen and oxygen atoms in total. The van der Waals surface area contributed by atoms with E-state index in [1.807, 2.05) is 0 Å². The lowest BCUT2D eigenvalue weighted by Gasteiger charge is -2.21. The zero-order valence-electron chi connectivity index (χ0n) is 9.79. The third kappa shape index (κ3) is 3.17. The van der Waals surface area contributed by atoms with Gasteiger partial charge in [0, 0.05) is 12.8 Å². The molecule has 100 valence electrons. The van der Waals surface area contributed by atoms with Gasteiger partial charge in [-0.2, -0.15) is 8.42 Å². The summed E-state index contributed by atoms with van der Waals surface area (Å²) in [6, 6.07) is 0. The Labute approximate surface area is 101 Å². The van der Waals surface area contributed by atoms with Gasteiger partial charge in [0.2, 0.25) is 0 Å². The van der Waals surface area contributed by atoms with Crippen molar-refractivity contribution >= 4 is 10.1 Å². The molecule has 1 spiro atoms. The Hall–Kier alpha value is -0.210. The fourth-order valence-electron chi connectivity index (χ4n) is 2.37. The number of ether oxygens (including phenoxy) is 2. The molecule has 1 saturated carbocycles. The second kappa shape index (κ2) is 4.81. The molecule has 0 bridgehead atoms. The Morgan fingerprint density at radius 3 is 2.41 bits per heavy atom. The van der Waals surface area contributed by atoms with E-state index in [4.69, 9.17) is 13.7 Å². The zero-order valence-corrected chi connectivity index (χ0v) is 10.6. The summed E-state index contributed by atoms with van der Waals surface area (Å²) in [5, 5.41) is 9.20. The summed E-state index contributed by atoms with van der Waals surface area (Å²) >= 11 is 0. The predicted octanol–water partition coefficient (Wildman–Crippen LogP) is 0.00920. The van der Waals surface area contributed by atoms with Crippen LogP contribution >= 0.6 is 0 Å². The van der Waals surface area contributed by atoms with E-state index in [0.717, 1.165) is 31.9 Å². The SMILES string of the molecule is CS(=O)(=O)OC[C@@H]1OC2(CCCC2)O[C@H]1CO. The van der Waals surface area contributed by atoms with Crippen molar-refractivity contribution in [3.05, 3.63) is 0 Å². The van der Waals surface area contributed by atoms with E-state index in [2.05, 4.69) is 0 Å². The van der Waals surface area contributed by atoms with Crippen LogP contribution in [0.3, 0.4) is 0 Å². The highest BCUT2D eigenvalue weighted by Gasteiger charge is 2.49. The van der Waals surface area contributed by atoms with E-state index >= 15 is 0 Å². The normalized spacial score (nSPS) is 32.4. The molecule has 1 heterocycles. The molecule has 0 aromatic heterocycles. The molecule has 1 aliphatic heterocycles. The summed E-state index contributed by atoms with van der Waals surface area (Å²) < 4.78 is 38.0. The Morgan fingerprint density at radius 2 is 1.88 bits per heavy atom. The van der Waals surface area contributed by atoms with Gasteiger partial charge in [0.05, 0.1) is 19.5 Å². The van der Waals surface area contributed by atoms with Crippen molar-refractivity contribution in [2.75, 3.05) is 19.5 Å². The maximum atomic E-state index is 10.9. The van der Waals surface area contributed by atoms with Gasteiger partial charge < -0.3 is 14.6 Å². The fourth-order valence-corrected chi connectivity index (χ4v) is 2.75. The first-order valence-electron chi connectivity index (χ1n) is 5.75. The molecule has 0 amide bonds. The second-order valence-electron chi connectivity index (χ2n) is 4.60. The van der Waals surface area contributed by atoms with Crippen molar-refractivity contribution in [1.29, 1.82) is 0 Å². The molecule has 0 aromatic carbocycles. The molecule has 0 aromatic rings. The number of aliphatic hydroxyl groups is 1. The van der Waals surface area contributed by atoms with Gasteiger partial charge >= 0.3 is 0 Å². The average Bonchev–Trinajstić information content (AvgIpc) is 2.83. The van der Waals surface area contributed by atoms with E-state index in [1.165, 1.54) is 0 Å². The van der Waals surface area contributed by atoms with Crippen molar-refractivity contribution in [3.8, 4) is 0 Å².